The third-order valence-electron chi connectivity index (χ3n) is 3.26. The van der Waals surface area contributed by atoms with Crippen LogP contribution in [-0.2, 0) is 4.79 Å². The van der Waals surface area contributed by atoms with Crippen molar-refractivity contribution in [3.05, 3.63) is 35.4 Å². The van der Waals surface area contributed by atoms with Gasteiger partial charge in [-0.15, -0.1) is 0 Å². The highest BCUT2D eigenvalue weighted by molar-refractivity contribution is 5.84. The number of hydrogen-bond donors (Lipinski definition) is 1. The van der Waals surface area contributed by atoms with Gasteiger partial charge in [0.2, 0.25) is 5.91 Å². The Labute approximate surface area is 105 Å². The van der Waals surface area contributed by atoms with Crippen molar-refractivity contribution in [3.8, 4) is 0 Å². The molecule has 1 N–H and O–H groups in total. The van der Waals surface area contributed by atoms with E-state index in [-0.39, 0.29) is 18.1 Å². The standard InChI is InChI=1S/C13H16F2N2O/c1-3-11-13(18)17(4-2)12(16-11)8-5-6-9(14)10(15)7-8/h5-7,11-12,16H,3-4H2,1-2H3. The van der Waals surface area contributed by atoms with E-state index in [2.05, 4.69) is 5.32 Å². The van der Waals surface area contributed by atoms with Crippen molar-refractivity contribution in [3.63, 3.8) is 0 Å². The molecule has 2 atom stereocenters. The Hall–Kier alpha value is -1.49. The monoisotopic (exact) mass is 254 g/mol. The average Bonchev–Trinajstić information content (AvgIpc) is 2.69. The first-order valence-electron chi connectivity index (χ1n) is 6.10. The van der Waals surface area contributed by atoms with E-state index in [1.165, 1.54) is 6.07 Å². The normalized spacial score (nSPS) is 23.8. The maximum atomic E-state index is 13.2. The van der Waals surface area contributed by atoms with Crippen molar-refractivity contribution < 1.29 is 13.6 Å². The van der Waals surface area contributed by atoms with Crippen molar-refractivity contribution in [2.45, 2.75) is 32.5 Å². The van der Waals surface area contributed by atoms with Gasteiger partial charge in [0.1, 0.15) is 6.17 Å². The summed E-state index contributed by atoms with van der Waals surface area (Å²) in [6, 6.07) is 3.48. The Bertz CT molecular complexity index is 464. The molecule has 1 aliphatic rings. The maximum Gasteiger partial charge on any atom is 0.241 e. The molecule has 0 spiro atoms. The van der Waals surface area contributed by atoms with Crippen LogP contribution < -0.4 is 5.32 Å². The van der Waals surface area contributed by atoms with E-state index in [0.717, 1.165) is 12.1 Å². The number of benzene rings is 1. The molecule has 5 heteroatoms. The Morgan fingerprint density at radius 2 is 2.00 bits per heavy atom. The zero-order valence-corrected chi connectivity index (χ0v) is 10.4. The summed E-state index contributed by atoms with van der Waals surface area (Å²) in [5.74, 6) is -1.76. The van der Waals surface area contributed by atoms with Crippen molar-refractivity contribution in [2.24, 2.45) is 0 Å². The zero-order valence-electron chi connectivity index (χ0n) is 10.4. The average molecular weight is 254 g/mol. The van der Waals surface area contributed by atoms with Crippen LogP contribution in [-0.4, -0.2) is 23.4 Å². The molecule has 0 radical (unpaired) electrons. The summed E-state index contributed by atoms with van der Waals surface area (Å²) in [6.45, 7) is 4.31. The second kappa shape index (κ2) is 5.02. The Morgan fingerprint density at radius 1 is 1.28 bits per heavy atom. The summed E-state index contributed by atoms with van der Waals surface area (Å²) in [5, 5.41) is 3.14. The van der Waals surface area contributed by atoms with Gasteiger partial charge in [0.25, 0.3) is 0 Å². The zero-order chi connectivity index (χ0) is 13.3. The third-order valence-corrected chi connectivity index (χ3v) is 3.26. The van der Waals surface area contributed by atoms with Crippen molar-refractivity contribution >= 4 is 5.91 Å². The first-order chi connectivity index (χ1) is 8.58. The molecule has 1 aromatic rings. The van der Waals surface area contributed by atoms with Gasteiger partial charge in [0, 0.05) is 6.54 Å². The molecule has 0 saturated carbocycles. The number of nitrogens with zero attached hydrogens (tertiary/aromatic N) is 1. The number of halogens is 2. The lowest BCUT2D eigenvalue weighted by Gasteiger charge is -2.22. The minimum absolute atomic E-state index is 0.00901. The van der Waals surface area contributed by atoms with Crippen LogP contribution in [0.25, 0.3) is 0 Å². The van der Waals surface area contributed by atoms with Gasteiger partial charge in [-0.3, -0.25) is 10.1 Å². The summed E-state index contributed by atoms with van der Waals surface area (Å²) in [6.07, 6.45) is 0.303. The lowest BCUT2D eigenvalue weighted by molar-refractivity contribution is -0.129. The fourth-order valence-corrected chi connectivity index (χ4v) is 2.27. The molecule has 1 amide bonds. The molecule has 18 heavy (non-hydrogen) atoms. The molecule has 0 aromatic heterocycles. The molecule has 1 heterocycles. The fourth-order valence-electron chi connectivity index (χ4n) is 2.27. The third kappa shape index (κ3) is 2.10. The van der Waals surface area contributed by atoms with Gasteiger partial charge in [-0.05, 0) is 31.0 Å². The lowest BCUT2D eigenvalue weighted by atomic mass is 10.1. The van der Waals surface area contributed by atoms with Gasteiger partial charge >= 0.3 is 0 Å². The highest BCUT2D eigenvalue weighted by Gasteiger charge is 2.37. The lowest BCUT2D eigenvalue weighted by Crippen LogP contribution is -2.30. The Morgan fingerprint density at radius 3 is 2.56 bits per heavy atom. The van der Waals surface area contributed by atoms with Crippen molar-refractivity contribution in [1.29, 1.82) is 0 Å². The number of hydrogen-bond acceptors (Lipinski definition) is 2. The number of carbonyl (C=O) groups excluding carboxylic acids is 1. The molecule has 1 fully saturated rings. The van der Waals surface area contributed by atoms with Crippen LogP contribution in [0.2, 0.25) is 0 Å². The van der Waals surface area contributed by atoms with E-state index in [4.69, 9.17) is 0 Å². The first-order valence-corrected chi connectivity index (χ1v) is 6.10. The summed E-state index contributed by atoms with van der Waals surface area (Å²) in [7, 11) is 0. The molecule has 0 aliphatic carbocycles. The molecular formula is C13H16F2N2O. The summed E-state index contributed by atoms with van der Waals surface area (Å²) in [5.41, 5.74) is 0.569. The van der Waals surface area contributed by atoms with Crippen LogP contribution in [0.3, 0.4) is 0 Å². The molecule has 2 rings (SSSR count). The van der Waals surface area contributed by atoms with Gasteiger partial charge in [-0.1, -0.05) is 13.0 Å². The summed E-state index contributed by atoms with van der Waals surface area (Å²) in [4.78, 5) is 13.6. The number of amides is 1. The molecule has 3 nitrogen and oxygen atoms in total. The van der Waals surface area contributed by atoms with E-state index in [1.54, 1.807) is 4.90 Å². The Balaban J connectivity index is 2.31. The topological polar surface area (TPSA) is 32.3 Å². The van der Waals surface area contributed by atoms with Gasteiger partial charge in [-0.25, -0.2) is 8.78 Å². The summed E-state index contributed by atoms with van der Waals surface area (Å²) >= 11 is 0. The minimum Gasteiger partial charge on any atom is -0.322 e. The van der Waals surface area contributed by atoms with Gasteiger partial charge in [0.15, 0.2) is 11.6 Å². The number of likely N-dealkylation sites (N-methyl/N-ethyl adjacent to an activating group) is 1. The van der Waals surface area contributed by atoms with Gasteiger partial charge in [-0.2, -0.15) is 0 Å². The van der Waals surface area contributed by atoms with Gasteiger partial charge < -0.3 is 4.90 Å². The number of nitrogens with one attached hydrogen (secondary N) is 1. The number of rotatable bonds is 3. The Kier molecular flexibility index (Phi) is 3.61. The molecule has 0 bridgehead atoms. The molecule has 1 aromatic carbocycles. The van der Waals surface area contributed by atoms with E-state index < -0.39 is 11.6 Å². The van der Waals surface area contributed by atoms with Crippen LogP contribution in [0.15, 0.2) is 18.2 Å². The second-order valence-corrected chi connectivity index (χ2v) is 4.33. The van der Waals surface area contributed by atoms with E-state index in [0.29, 0.717) is 18.5 Å². The molecule has 1 aliphatic heterocycles. The first kappa shape index (κ1) is 13.0. The smallest absolute Gasteiger partial charge is 0.241 e. The van der Waals surface area contributed by atoms with Gasteiger partial charge in [0.05, 0.1) is 6.04 Å². The van der Waals surface area contributed by atoms with E-state index in [1.807, 2.05) is 13.8 Å². The van der Waals surface area contributed by atoms with Crippen molar-refractivity contribution in [2.75, 3.05) is 6.54 Å². The van der Waals surface area contributed by atoms with Crippen LogP contribution >= 0.6 is 0 Å². The molecule has 1 saturated heterocycles. The predicted octanol–water partition coefficient (Wildman–Crippen LogP) is 2.19. The predicted molar refractivity (Wildman–Crippen MR) is 63.7 cm³/mol. The van der Waals surface area contributed by atoms with Crippen LogP contribution in [0.5, 0.6) is 0 Å². The number of carbonyl (C=O) groups is 1. The molecule has 98 valence electrons. The van der Waals surface area contributed by atoms with Crippen LogP contribution in [0.4, 0.5) is 8.78 Å². The summed E-state index contributed by atoms with van der Waals surface area (Å²) < 4.78 is 26.1. The van der Waals surface area contributed by atoms with Crippen LogP contribution in [0, 0.1) is 11.6 Å². The maximum absolute atomic E-state index is 13.2. The fraction of sp³-hybridized carbons (Fsp3) is 0.462. The SMILES string of the molecule is CCC1NC(c2ccc(F)c(F)c2)N(CC)C1=O. The quantitative estimate of drug-likeness (QED) is 0.896. The minimum atomic E-state index is -0.891. The second-order valence-electron chi connectivity index (χ2n) is 4.33. The highest BCUT2D eigenvalue weighted by atomic mass is 19.2. The van der Waals surface area contributed by atoms with Crippen molar-refractivity contribution in [1.82, 2.24) is 10.2 Å². The largest absolute Gasteiger partial charge is 0.322 e. The highest BCUT2D eigenvalue weighted by Crippen LogP contribution is 2.27. The van der Waals surface area contributed by atoms with Crippen LogP contribution in [0.1, 0.15) is 32.0 Å². The van der Waals surface area contributed by atoms with E-state index >= 15 is 0 Å². The van der Waals surface area contributed by atoms with E-state index in [9.17, 15) is 13.6 Å². The molecular weight excluding hydrogens is 238 g/mol. The molecule has 2 unspecified atom stereocenters.